The molecule has 150 valence electrons. The number of nitrogens with zero attached hydrogens (tertiary/aromatic N) is 4. The number of carbonyl (C=O) groups is 1. The van der Waals surface area contributed by atoms with Crippen LogP contribution in [0.3, 0.4) is 0 Å². The van der Waals surface area contributed by atoms with Crippen LogP contribution in [0.1, 0.15) is 60.3 Å². The van der Waals surface area contributed by atoms with Crippen molar-refractivity contribution in [3.05, 3.63) is 47.3 Å². The van der Waals surface area contributed by atoms with Crippen molar-refractivity contribution in [2.24, 2.45) is 0 Å². The Kier molecular flexibility index (Phi) is 5.81. The molecule has 2 aliphatic rings. The summed E-state index contributed by atoms with van der Waals surface area (Å²) in [6.07, 6.45) is 7.24. The van der Waals surface area contributed by atoms with Gasteiger partial charge in [-0.1, -0.05) is 6.07 Å². The predicted octanol–water partition coefficient (Wildman–Crippen LogP) is 3.97. The summed E-state index contributed by atoms with van der Waals surface area (Å²) in [5.74, 6) is 0.175. The lowest BCUT2D eigenvalue weighted by Gasteiger charge is -2.36. The summed E-state index contributed by atoms with van der Waals surface area (Å²) in [7, 11) is 0. The molecule has 2 saturated heterocycles. The number of amides is 1. The molecule has 4 rings (SSSR count). The highest BCUT2D eigenvalue weighted by Crippen LogP contribution is 2.24. The second kappa shape index (κ2) is 8.48. The Hall–Kier alpha value is -2.14. The lowest BCUT2D eigenvalue weighted by atomic mass is 9.98. The summed E-state index contributed by atoms with van der Waals surface area (Å²) >= 11 is 0. The molecule has 5 nitrogen and oxygen atoms in total. The van der Waals surface area contributed by atoms with Crippen molar-refractivity contribution >= 4 is 5.91 Å². The molecule has 0 radical (unpaired) electrons. The van der Waals surface area contributed by atoms with Gasteiger partial charge in [0.25, 0.3) is 5.91 Å². The van der Waals surface area contributed by atoms with Gasteiger partial charge in [0, 0.05) is 30.4 Å². The Morgan fingerprint density at radius 2 is 1.86 bits per heavy atom. The van der Waals surface area contributed by atoms with Crippen LogP contribution in [-0.2, 0) is 0 Å². The molecule has 5 heteroatoms. The third kappa shape index (κ3) is 4.14. The fraction of sp³-hybridized carbons (Fsp3) is 0.565. The summed E-state index contributed by atoms with van der Waals surface area (Å²) in [6, 6.07) is 10.4. The standard InChI is InChI=1S/C23H32N4O/c1-18-16-19(2)27(24-18)22-10-7-8-20(17-22)23(28)26-14-4-3-9-21(26)11-15-25-12-5-6-13-25/h7-8,10,16-17,21H,3-6,9,11-15H2,1-2H3/t21-/m1/s1. The lowest BCUT2D eigenvalue weighted by molar-refractivity contribution is 0.0588. The van der Waals surface area contributed by atoms with E-state index in [1.54, 1.807) is 0 Å². The summed E-state index contributed by atoms with van der Waals surface area (Å²) in [4.78, 5) is 18.1. The van der Waals surface area contributed by atoms with E-state index in [4.69, 9.17) is 0 Å². The number of rotatable bonds is 5. The number of likely N-dealkylation sites (tertiary alicyclic amines) is 2. The summed E-state index contributed by atoms with van der Waals surface area (Å²) in [6.45, 7) is 8.51. The molecule has 1 amide bonds. The summed E-state index contributed by atoms with van der Waals surface area (Å²) < 4.78 is 1.92. The van der Waals surface area contributed by atoms with Crippen molar-refractivity contribution < 1.29 is 4.79 Å². The second-order valence-electron chi connectivity index (χ2n) is 8.37. The maximum atomic E-state index is 13.4. The maximum Gasteiger partial charge on any atom is 0.254 e. The normalized spacial score (nSPS) is 20.6. The predicted molar refractivity (Wildman–Crippen MR) is 112 cm³/mol. The first-order valence-electron chi connectivity index (χ1n) is 10.8. The van der Waals surface area contributed by atoms with Gasteiger partial charge in [-0.2, -0.15) is 5.10 Å². The number of carbonyl (C=O) groups excluding carboxylic acids is 1. The molecular weight excluding hydrogens is 348 g/mol. The number of aromatic nitrogens is 2. The van der Waals surface area contributed by atoms with E-state index in [9.17, 15) is 4.79 Å². The summed E-state index contributed by atoms with van der Waals surface area (Å²) in [5, 5.41) is 4.57. The van der Waals surface area contributed by atoms with E-state index in [1.165, 1.54) is 32.4 Å². The average molecular weight is 381 g/mol. The quantitative estimate of drug-likeness (QED) is 0.788. The minimum atomic E-state index is 0.175. The fourth-order valence-electron chi connectivity index (χ4n) is 4.73. The minimum Gasteiger partial charge on any atom is -0.336 e. The Labute approximate surface area is 168 Å². The van der Waals surface area contributed by atoms with Crippen molar-refractivity contribution in [1.82, 2.24) is 19.6 Å². The second-order valence-corrected chi connectivity index (χ2v) is 8.37. The highest BCUT2D eigenvalue weighted by molar-refractivity contribution is 5.95. The number of benzene rings is 1. The first-order chi connectivity index (χ1) is 13.6. The first-order valence-corrected chi connectivity index (χ1v) is 10.8. The molecule has 0 N–H and O–H groups in total. The monoisotopic (exact) mass is 380 g/mol. The highest BCUT2D eigenvalue weighted by Gasteiger charge is 2.28. The number of aryl methyl sites for hydroxylation is 2. The molecule has 3 heterocycles. The van der Waals surface area contributed by atoms with Gasteiger partial charge < -0.3 is 9.80 Å². The Morgan fingerprint density at radius 3 is 2.61 bits per heavy atom. The average Bonchev–Trinajstić information content (AvgIpc) is 3.35. The maximum absolute atomic E-state index is 13.4. The van der Waals surface area contributed by atoms with Crippen LogP contribution in [0.5, 0.6) is 0 Å². The van der Waals surface area contributed by atoms with Gasteiger partial charge >= 0.3 is 0 Å². The largest absolute Gasteiger partial charge is 0.336 e. The van der Waals surface area contributed by atoms with Gasteiger partial charge in [0.2, 0.25) is 0 Å². The molecule has 1 aromatic carbocycles. The van der Waals surface area contributed by atoms with E-state index in [2.05, 4.69) is 21.0 Å². The zero-order valence-electron chi connectivity index (χ0n) is 17.2. The number of hydrogen-bond acceptors (Lipinski definition) is 3. The van der Waals surface area contributed by atoms with Crippen LogP contribution in [0.4, 0.5) is 0 Å². The Balaban J connectivity index is 1.50. The van der Waals surface area contributed by atoms with Crippen molar-refractivity contribution in [2.45, 2.75) is 58.4 Å². The topological polar surface area (TPSA) is 41.4 Å². The van der Waals surface area contributed by atoms with Crippen LogP contribution in [0.2, 0.25) is 0 Å². The first kappa shape index (κ1) is 19.2. The van der Waals surface area contributed by atoms with Crippen LogP contribution >= 0.6 is 0 Å². The molecule has 0 spiro atoms. The van der Waals surface area contributed by atoms with E-state index in [0.717, 1.165) is 55.0 Å². The molecule has 1 aromatic heterocycles. The van der Waals surface area contributed by atoms with Gasteiger partial charge in [-0.3, -0.25) is 4.79 Å². The molecule has 0 unspecified atom stereocenters. The zero-order valence-corrected chi connectivity index (χ0v) is 17.2. The van der Waals surface area contributed by atoms with Crippen LogP contribution in [0, 0.1) is 13.8 Å². The van der Waals surface area contributed by atoms with Crippen LogP contribution < -0.4 is 0 Å². The lowest BCUT2D eigenvalue weighted by Crippen LogP contribution is -2.45. The van der Waals surface area contributed by atoms with E-state index < -0.39 is 0 Å². The van der Waals surface area contributed by atoms with E-state index in [-0.39, 0.29) is 5.91 Å². The van der Waals surface area contributed by atoms with Crippen LogP contribution in [-0.4, -0.2) is 57.7 Å². The van der Waals surface area contributed by atoms with Gasteiger partial charge in [0.15, 0.2) is 0 Å². The van der Waals surface area contributed by atoms with E-state index in [0.29, 0.717) is 6.04 Å². The number of hydrogen-bond donors (Lipinski definition) is 0. The zero-order chi connectivity index (χ0) is 19.5. The highest BCUT2D eigenvalue weighted by atomic mass is 16.2. The third-order valence-corrected chi connectivity index (χ3v) is 6.21. The van der Waals surface area contributed by atoms with Gasteiger partial charge in [0.05, 0.1) is 11.4 Å². The molecule has 28 heavy (non-hydrogen) atoms. The van der Waals surface area contributed by atoms with Gasteiger partial charge in [-0.25, -0.2) is 4.68 Å². The minimum absolute atomic E-state index is 0.175. The fourth-order valence-corrected chi connectivity index (χ4v) is 4.73. The van der Waals surface area contributed by atoms with Crippen molar-refractivity contribution in [1.29, 1.82) is 0 Å². The van der Waals surface area contributed by atoms with Crippen molar-refractivity contribution in [3.8, 4) is 5.69 Å². The molecule has 2 aromatic rings. The molecule has 0 aliphatic carbocycles. The Bertz CT molecular complexity index is 822. The van der Waals surface area contributed by atoms with Gasteiger partial charge in [-0.05, 0) is 89.7 Å². The Morgan fingerprint density at radius 1 is 1.07 bits per heavy atom. The van der Waals surface area contributed by atoms with Gasteiger partial charge in [0.1, 0.15) is 0 Å². The molecule has 1 atom stereocenters. The third-order valence-electron chi connectivity index (χ3n) is 6.21. The number of piperidine rings is 1. The summed E-state index contributed by atoms with van der Waals surface area (Å²) in [5.41, 5.74) is 3.82. The molecule has 0 saturated carbocycles. The molecule has 2 fully saturated rings. The van der Waals surface area contributed by atoms with Gasteiger partial charge in [-0.15, -0.1) is 0 Å². The molecule has 2 aliphatic heterocycles. The van der Waals surface area contributed by atoms with E-state index >= 15 is 0 Å². The van der Waals surface area contributed by atoms with Crippen LogP contribution in [0.25, 0.3) is 5.69 Å². The van der Waals surface area contributed by atoms with E-state index in [1.807, 2.05) is 42.8 Å². The molecule has 0 bridgehead atoms. The smallest absolute Gasteiger partial charge is 0.254 e. The molecular formula is C23H32N4O. The van der Waals surface area contributed by atoms with Crippen molar-refractivity contribution in [3.63, 3.8) is 0 Å². The SMILES string of the molecule is Cc1cc(C)n(-c2cccc(C(=O)N3CCCC[C@@H]3CCN3CCCC3)c2)n1. The van der Waals surface area contributed by atoms with Crippen LogP contribution in [0.15, 0.2) is 30.3 Å². The van der Waals surface area contributed by atoms with Crippen molar-refractivity contribution in [2.75, 3.05) is 26.2 Å².